The average molecular weight is 584 g/mol. The normalized spacial score (nSPS) is 26.9. The van der Waals surface area contributed by atoms with Crippen molar-refractivity contribution in [1.82, 2.24) is 24.9 Å². The highest BCUT2D eigenvalue weighted by molar-refractivity contribution is 6.35. The standard InChI is InChI=1S/C33H38ClN7O/c1-19-16-36-29-25(28(19)37-18-32(2,3)4)11-20(12-26(29)34)10-24(27-17-41(39-38-27)33-13-21(14-33)15-33)22-6-8-35-30-23(22)7-9-40(5)31(30)42/h6-9,11-12,16-17,21,23-24,30H,10,13-15,18H2,1-5H3,(H,36,37)/t21?,23?,24-,30?,33?/m0/s1. The molecular formula is C33H38ClN7O. The zero-order valence-corrected chi connectivity index (χ0v) is 25.7. The predicted molar refractivity (Wildman–Crippen MR) is 167 cm³/mol. The molecule has 3 aliphatic carbocycles. The molecule has 0 radical (unpaired) electrons. The maximum atomic E-state index is 13.1. The van der Waals surface area contributed by atoms with Crippen LogP contribution in [0, 0.1) is 24.2 Å². The van der Waals surface area contributed by atoms with Gasteiger partial charge in [0.25, 0.3) is 5.91 Å². The summed E-state index contributed by atoms with van der Waals surface area (Å²) in [7, 11) is 1.79. The summed E-state index contributed by atoms with van der Waals surface area (Å²) >= 11 is 6.91. The SMILES string of the molecule is Cc1cnc2c(Cl)cc(C[C@@H](C3=CC=NC4C(=O)N(C)C=CC34)c3cn(C45CC(C4)C5)nn3)cc2c1NCC(C)(C)C. The second-order valence-electron chi connectivity index (χ2n) is 14.0. The number of halogens is 1. The molecule has 3 atom stereocenters. The van der Waals surface area contributed by atoms with E-state index in [9.17, 15) is 4.79 Å². The van der Waals surface area contributed by atoms with Gasteiger partial charge in [0.2, 0.25) is 0 Å². The number of benzene rings is 1. The Morgan fingerprint density at radius 2 is 2.00 bits per heavy atom. The summed E-state index contributed by atoms with van der Waals surface area (Å²) in [5, 5.41) is 14.7. The molecule has 4 heterocycles. The highest BCUT2D eigenvalue weighted by atomic mass is 35.5. The smallest absolute Gasteiger partial charge is 0.251 e. The van der Waals surface area contributed by atoms with Crippen LogP contribution in [0.2, 0.25) is 5.02 Å². The molecule has 2 aliphatic heterocycles. The number of allylic oxidation sites excluding steroid dienone is 1. The molecule has 3 fully saturated rings. The molecule has 2 bridgehead atoms. The van der Waals surface area contributed by atoms with Crippen LogP contribution in [-0.4, -0.2) is 56.6 Å². The van der Waals surface area contributed by atoms with Gasteiger partial charge in [0, 0.05) is 61.3 Å². The molecule has 3 aromatic rings. The van der Waals surface area contributed by atoms with Crippen LogP contribution >= 0.6 is 11.6 Å². The van der Waals surface area contributed by atoms with Gasteiger partial charge in [0.05, 0.1) is 21.8 Å². The third-order valence-electron chi connectivity index (χ3n) is 9.53. The van der Waals surface area contributed by atoms with Crippen LogP contribution in [0.4, 0.5) is 5.69 Å². The van der Waals surface area contributed by atoms with Gasteiger partial charge in [0.15, 0.2) is 0 Å². The number of nitrogens with one attached hydrogen (secondary N) is 1. The van der Waals surface area contributed by atoms with Gasteiger partial charge >= 0.3 is 0 Å². The number of carbonyl (C=O) groups excluding carboxylic acids is 1. The van der Waals surface area contributed by atoms with Gasteiger partial charge in [-0.2, -0.15) is 0 Å². The molecule has 8 nitrogen and oxygen atoms in total. The molecule has 0 saturated heterocycles. The summed E-state index contributed by atoms with van der Waals surface area (Å²) in [5.74, 6) is 0.626. The number of hydrogen-bond acceptors (Lipinski definition) is 6. The Labute approximate surface area is 251 Å². The van der Waals surface area contributed by atoms with E-state index in [0.717, 1.165) is 51.4 Å². The Morgan fingerprint density at radius 3 is 2.71 bits per heavy atom. The van der Waals surface area contributed by atoms with Gasteiger partial charge in [-0.15, -0.1) is 5.10 Å². The van der Waals surface area contributed by atoms with E-state index in [-0.39, 0.29) is 28.7 Å². The van der Waals surface area contributed by atoms with E-state index in [1.807, 2.05) is 18.5 Å². The number of carbonyl (C=O) groups is 1. The molecule has 2 unspecified atom stereocenters. The van der Waals surface area contributed by atoms with Gasteiger partial charge < -0.3 is 10.2 Å². The van der Waals surface area contributed by atoms with Gasteiger partial charge in [-0.25, -0.2) is 4.68 Å². The fourth-order valence-corrected chi connectivity index (χ4v) is 7.32. The first-order valence-corrected chi connectivity index (χ1v) is 15.3. The Hall–Kier alpha value is -3.52. The topological polar surface area (TPSA) is 88.3 Å². The summed E-state index contributed by atoms with van der Waals surface area (Å²) in [5.41, 5.74) is 6.35. The van der Waals surface area contributed by atoms with Crippen molar-refractivity contribution in [1.29, 1.82) is 0 Å². The summed E-state index contributed by atoms with van der Waals surface area (Å²) in [6.07, 6.45) is 16.1. The number of aliphatic imine (C=N–C) groups is 1. The number of hydrogen-bond donors (Lipinski definition) is 1. The number of aryl methyl sites for hydroxylation is 1. The molecule has 5 aliphatic rings. The Morgan fingerprint density at radius 1 is 1.21 bits per heavy atom. The van der Waals surface area contributed by atoms with Crippen molar-refractivity contribution < 1.29 is 4.79 Å². The highest BCUT2D eigenvalue weighted by Gasteiger charge is 2.59. The minimum absolute atomic E-state index is 0.00508. The number of nitrogens with zero attached hydrogens (tertiary/aromatic N) is 6. The van der Waals surface area contributed by atoms with Crippen molar-refractivity contribution in [3.05, 3.63) is 70.3 Å². The number of fused-ring (bicyclic) bond motifs is 2. The van der Waals surface area contributed by atoms with Crippen LogP contribution in [0.3, 0.4) is 0 Å². The second-order valence-corrected chi connectivity index (χ2v) is 14.4. The van der Waals surface area contributed by atoms with Crippen molar-refractivity contribution in [2.45, 2.75) is 70.9 Å². The summed E-state index contributed by atoms with van der Waals surface area (Å²) < 4.78 is 2.11. The molecule has 8 rings (SSSR count). The molecule has 0 spiro atoms. The zero-order chi connectivity index (χ0) is 29.4. The van der Waals surface area contributed by atoms with Crippen molar-refractivity contribution in [2.75, 3.05) is 18.9 Å². The monoisotopic (exact) mass is 583 g/mol. The van der Waals surface area contributed by atoms with Crippen molar-refractivity contribution in [3.8, 4) is 0 Å². The fourth-order valence-electron chi connectivity index (χ4n) is 7.03. The van der Waals surface area contributed by atoms with E-state index < -0.39 is 6.04 Å². The molecule has 1 aromatic carbocycles. The lowest BCUT2D eigenvalue weighted by atomic mass is 9.50. The number of likely N-dealkylation sites (N-methyl/N-ethyl adjacent to an activating group) is 1. The first-order chi connectivity index (χ1) is 20.0. The Kier molecular flexibility index (Phi) is 6.35. The van der Waals surface area contributed by atoms with Gasteiger partial charge in [-0.05, 0) is 78.8 Å². The third kappa shape index (κ3) is 4.55. The van der Waals surface area contributed by atoms with Crippen LogP contribution in [0.25, 0.3) is 10.9 Å². The molecule has 1 amide bonds. The number of pyridine rings is 1. The minimum Gasteiger partial charge on any atom is -0.384 e. The molecule has 2 aromatic heterocycles. The largest absolute Gasteiger partial charge is 0.384 e. The number of aromatic nitrogens is 4. The van der Waals surface area contributed by atoms with Crippen LogP contribution in [-0.2, 0) is 16.8 Å². The average Bonchev–Trinajstić information content (AvgIpc) is 3.35. The lowest BCUT2D eigenvalue weighted by molar-refractivity contribution is -0.130. The second kappa shape index (κ2) is 9.76. The van der Waals surface area contributed by atoms with Gasteiger partial charge in [-0.1, -0.05) is 43.7 Å². The molecule has 9 heteroatoms. The van der Waals surface area contributed by atoms with E-state index in [2.05, 4.69) is 72.3 Å². The summed E-state index contributed by atoms with van der Waals surface area (Å²) in [4.78, 5) is 24.0. The zero-order valence-electron chi connectivity index (χ0n) is 24.9. The first kappa shape index (κ1) is 27.3. The molecule has 42 heavy (non-hydrogen) atoms. The summed E-state index contributed by atoms with van der Waals surface area (Å²) in [6, 6.07) is 3.79. The lowest BCUT2D eigenvalue weighted by Gasteiger charge is -2.61. The van der Waals surface area contributed by atoms with Crippen LogP contribution < -0.4 is 5.32 Å². The van der Waals surface area contributed by atoms with Crippen LogP contribution in [0.5, 0.6) is 0 Å². The van der Waals surface area contributed by atoms with E-state index in [4.69, 9.17) is 21.7 Å². The number of anilines is 1. The third-order valence-corrected chi connectivity index (χ3v) is 9.82. The van der Waals surface area contributed by atoms with Crippen LogP contribution in [0.15, 0.2) is 53.4 Å². The fraction of sp³-hybridized carbons (Fsp3) is 0.485. The van der Waals surface area contributed by atoms with E-state index in [1.54, 1.807) is 18.2 Å². The maximum Gasteiger partial charge on any atom is 0.251 e. The van der Waals surface area contributed by atoms with E-state index in [0.29, 0.717) is 11.4 Å². The number of dihydropyridines is 1. The van der Waals surface area contributed by atoms with Gasteiger partial charge in [-0.3, -0.25) is 14.8 Å². The van der Waals surface area contributed by atoms with Gasteiger partial charge in [0.1, 0.15) is 6.04 Å². The predicted octanol–water partition coefficient (Wildman–Crippen LogP) is 6.06. The highest BCUT2D eigenvalue weighted by Crippen LogP contribution is 2.62. The molecule has 1 N–H and O–H groups in total. The maximum absolute atomic E-state index is 13.1. The molecular weight excluding hydrogens is 546 g/mol. The quantitative estimate of drug-likeness (QED) is 0.365. The summed E-state index contributed by atoms with van der Waals surface area (Å²) in [6.45, 7) is 9.57. The van der Waals surface area contributed by atoms with E-state index >= 15 is 0 Å². The number of amides is 1. The minimum atomic E-state index is -0.463. The van der Waals surface area contributed by atoms with Crippen molar-refractivity contribution >= 4 is 40.3 Å². The van der Waals surface area contributed by atoms with Crippen molar-refractivity contribution in [3.63, 3.8) is 0 Å². The van der Waals surface area contributed by atoms with Crippen LogP contribution in [0.1, 0.15) is 62.8 Å². The molecule has 3 saturated carbocycles. The number of rotatable bonds is 7. The Balaban J connectivity index is 1.30. The van der Waals surface area contributed by atoms with E-state index in [1.165, 1.54) is 19.3 Å². The lowest BCUT2D eigenvalue weighted by Crippen LogP contribution is -2.59. The van der Waals surface area contributed by atoms with Crippen molar-refractivity contribution in [2.24, 2.45) is 22.2 Å². The first-order valence-electron chi connectivity index (χ1n) is 14.9. The Bertz CT molecular complexity index is 1660. The molecule has 218 valence electrons.